The van der Waals surface area contributed by atoms with Gasteiger partial charge in [0, 0.05) is 20.6 Å². The van der Waals surface area contributed by atoms with E-state index >= 15 is 0 Å². The van der Waals surface area contributed by atoms with Crippen LogP contribution in [0, 0.1) is 0 Å². The summed E-state index contributed by atoms with van der Waals surface area (Å²) < 4.78 is 0. The minimum atomic E-state index is -0.127. The van der Waals surface area contributed by atoms with E-state index in [1.807, 2.05) is 6.92 Å². The highest BCUT2D eigenvalue weighted by atomic mass is 16.1. The van der Waals surface area contributed by atoms with E-state index in [2.05, 4.69) is 25.6 Å². The van der Waals surface area contributed by atoms with Gasteiger partial charge in [-0.3, -0.25) is 4.79 Å². The second-order valence-electron chi connectivity index (χ2n) is 3.52. The molecule has 0 aliphatic rings. The first kappa shape index (κ1) is 12.9. The van der Waals surface area contributed by atoms with E-state index in [0.29, 0.717) is 12.5 Å². The number of nitrogens with two attached hydrogens (primary N) is 1. The van der Waals surface area contributed by atoms with Gasteiger partial charge >= 0.3 is 0 Å². The van der Waals surface area contributed by atoms with Crippen molar-refractivity contribution in [1.29, 1.82) is 0 Å². The second kappa shape index (κ2) is 5.83. The molecule has 0 atom stereocenters. The third-order valence-electron chi connectivity index (χ3n) is 1.82. The first-order valence-electron chi connectivity index (χ1n) is 5.22. The van der Waals surface area contributed by atoms with E-state index in [-0.39, 0.29) is 24.3 Å². The molecule has 94 valence electrons. The number of rotatable bonds is 5. The van der Waals surface area contributed by atoms with Crippen LogP contribution in [-0.4, -0.2) is 48.0 Å². The summed E-state index contributed by atoms with van der Waals surface area (Å²) in [6.45, 7) is 2.54. The van der Waals surface area contributed by atoms with Gasteiger partial charge in [-0.25, -0.2) is 0 Å². The van der Waals surface area contributed by atoms with Crippen molar-refractivity contribution in [2.24, 2.45) is 0 Å². The fraction of sp³-hybridized carbons (Fsp3) is 0.556. The Morgan fingerprint density at radius 1 is 1.35 bits per heavy atom. The fourth-order valence-electron chi connectivity index (χ4n) is 1.08. The van der Waals surface area contributed by atoms with E-state index in [0.717, 1.165) is 0 Å². The molecule has 1 heterocycles. The number of aromatic nitrogens is 3. The standard InChI is InChI=1S/C9H17N7O/c1-4-11-6(17)5-12-8-13-7(10)14-9(15-8)16(2)3/h4-5H2,1-3H3,(H,11,17)(H3,10,12,13,14,15). The third-order valence-corrected chi connectivity index (χ3v) is 1.82. The monoisotopic (exact) mass is 239 g/mol. The number of hydrogen-bond donors (Lipinski definition) is 3. The van der Waals surface area contributed by atoms with Gasteiger partial charge in [-0.1, -0.05) is 0 Å². The van der Waals surface area contributed by atoms with Crippen molar-refractivity contribution in [3.63, 3.8) is 0 Å². The molecule has 1 aromatic heterocycles. The van der Waals surface area contributed by atoms with Crippen LogP contribution in [0.5, 0.6) is 0 Å². The molecule has 4 N–H and O–H groups in total. The van der Waals surface area contributed by atoms with Crippen molar-refractivity contribution >= 4 is 23.8 Å². The van der Waals surface area contributed by atoms with E-state index in [4.69, 9.17) is 5.73 Å². The maximum Gasteiger partial charge on any atom is 0.239 e. The Kier molecular flexibility index (Phi) is 4.44. The van der Waals surface area contributed by atoms with Gasteiger partial charge in [0.1, 0.15) is 0 Å². The molecule has 1 rings (SSSR count). The molecule has 0 aromatic carbocycles. The molecule has 0 unspecified atom stereocenters. The van der Waals surface area contributed by atoms with E-state index < -0.39 is 0 Å². The van der Waals surface area contributed by atoms with Crippen LogP contribution < -0.4 is 21.3 Å². The van der Waals surface area contributed by atoms with Crippen LogP contribution in [0.3, 0.4) is 0 Å². The molecule has 1 aromatic rings. The van der Waals surface area contributed by atoms with E-state index in [1.165, 1.54) is 0 Å². The Morgan fingerprint density at radius 2 is 2.06 bits per heavy atom. The van der Waals surface area contributed by atoms with Gasteiger partial charge in [0.25, 0.3) is 0 Å². The molecular formula is C9H17N7O. The Bertz CT molecular complexity index is 393. The Hall–Kier alpha value is -2.12. The molecule has 0 aliphatic carbocycles. The number of anilines is 3. The molecule has 0 saturated heterocycles. The SMILES string of the molecule is CCNC(=O)CNc1nc(N)nc(N(C)C)n1. The topological polar surface area (TPSA) is 109 Å². The Morgan fingerprint density at radius 3 is 2.65 bits per heavy atom. The molecular weight excluding hydrogens is 222 g/mol. The van der Waals surface area contributed by atoms with Crippen molar-refractivity contribution < 1.29 is 4.79 Å². The molecule has 0 spiro atoms. The fourth-order valence-corrected chi connectivity index (χ4v) is 1.08. The number of nitrogens with zero attached hydrogens (tertiary/aromatic N) is 4. The molecule has 0 radical (unpaired) electrons. The number of nitrogen functional groups attached to an aromatic ring is 1. The van der Waals surface area contributed by atoms with Crippen LogP contribution in [0.2, 0.25) is 0 Å². The van der Waals surface area contributed by atoms with Crippen LogP contribution >= 0.6 is 0 Å². The Labute approximate surface area is 99.6 Å². The van der Waals surface area contributed by atoms with Gasteiger partial charge in [-0.05, 0) is 6.92 Å². The second-order valence-corrected chi connectivity index (χ2v) is 3.52. The Balaban J connectivity index is 2.68. The van der Waals surface area contributed by atoms with Gasteiger partial charge in [-0.2, -0.15) is 15.0 Å². The minimum Gasteiger partial charge on any atom is -0.368 e. The summed E-state index contributed by atoms with van der Waals surface area (Å²) in [5.41, 5.74) is 5.53. The first-order chi connectivity index (χ1) is 8.02. The third kappa shape index (κ3) is 4.09. The lowest BCUT2D eigenvalue weighted by Gasteiger charge is -2.11. The van der Waals surface area contributed by atoms with Gasteiger partial charge in [0.2, 0.25) is 23.8 Å². The average Bonchev–Trinajstić information content (AvgIpc) is 2.26. The molecule has 17 heavy (non-hydrogen) atoms. The highest BCUT2D eigenvalue weighted by Crippen LogP contribution is 2.08. The predicted molar refractivity (Wildman–Crippen MR) is 65.7 cm³/mol. The number of hydrogen-bond acceptors (Lipinski definition) is 7. The molecule has 8 nitrogen and oxygen atoms in total. The minimum absolute atomic E-state index is 0.101. The predicted octanol–water partition coefficient (Wildman–Crippen LogP) is -0.932. The summed E-state index contributed by atoms with van der Waals surface area (Å²) in [5.74, 6) is 0.711. The molecule has 0 fully saturated rings. The first-order valence-corrected chi connectivity index (χ1v) is 5.22. The summed E-state index contributed by atoms with van der Waals surface area (Å²) in [7, 11) is 3.59. The largest absolute Gasteiger partial charge is 0.368 e. The van der Waals surface area contributed by atoms with Crippen LogP contribution in [-0.2, 0) is 4.79 Å². The van der Waals surface area contributed by atoms with Crippen LogP contribution in [0.15, 0.2) is 0 Å². The molecule has 0 saturated carbocycles. The summed E-state index contributed by atoms with van der Waals surface area (Å²) in [4.78, 5) is 24.9. The van der Waals surface area contributed by atoms with Crippen molar-refractivity contribution in [1.82, 2.24) is 20.3 Å². The van der Waals surface area contributed by atoms with Crippen molar-refractivity contribution in [3.05, 3.63) is 0 Å². The van der Waals surface area contributed by atoms with Gasteiger partial charge in [-0.15, -0.1) is 0 Å². The highest BCUT2D eigenvalue weighted by Gasteiger charge is 2.07. The lowest BCUT2D eigenvalue weighted by atomic mass is 10.5. The number of carbonyl (C=O) groups is 1. The zero-order valence-electron chi connectivity index (χ0n) is 10.2. The summed E-state index contributed by atoms with van der Waals surface area (Å²) in [5, 5.41) is 5.44. The van der Waals surface area contributed by atoms with E-state index in [1.54, 1.807) is 19.0 Å². The maximum atomic E-state index is 11.2. The van der Waals surface area contributed by atoms with Crippen LogP contribution in [0.4, 0.5) is 17.8 Å². The van der Waals surface area contributed by atoms with Crippen LogP contribution in [0.25, 0.3) is 0 Å². The lowest BCUT2D eigenvalue weighted by Crippen LogP contribution is -2.30. The number of carbonyl (C=O) groups excluding carboxylic acids is 1. The molecule has 0 aliphatic heterocycles. The molecule has 8 heteroatoms. The average molecular weight is 239 g/mol. The quantitative estimate of drug-likeness (QED) is 0.609. The van der Waals surface area contributed by atoms with Gasteiger partial charge < -0.3 is 21.3 Å². The highest BCUT2D eigenvalue weighted by molar-refractivity contribution is 5.80. The van der Waals surface area contributed by atoms with Crippen molar-refractivity contribution in [2.45, 2.75) is 6.92 Å². The smallest absolute Gasteiger partial charge is 0.239 e. The molecule has 0 bridgehead atoms. The number of amides is 1. The summed E-state index contributed by atoms with van der Waals surface area (Å²) >= 11 is 0. The maximum absolute atomic E-state index is 11.2. The zero-order valence-corrected chi connectivity index (χ0v) is 10.2. The molecule has 1 amide bonds. The van der Waals surface area contributed by atoms with Gasteiger partial charge in [0.15, 0.2) is 0 Å². The number of likely N-dealkylation sites (N-methyl/N-ethyl adjacent to an activating group) is 1. The normalized spacial score (nSPS) is 9.82. The number of nitrogens with one attached hydrogen (secondary N) is 2. The van der Waals surface area contributed by atoms with E-state index in [9.17, 15) is 4.79 Å². The summed E-state index contributed by atoms with van der Waals surface area (Å²) in [6, 6.07) is 0. The van der Waals surface area contributed by atoms with Crippen molar-refractivity contribution in [2.75, 3.05) is 43.1 Å². The van der Waals surface area contributed by atoms with Crippen LogP contribution in [0.1, 0.15) is 6.92 Å². The van der Waals surface area contributed by atoms with Gasteiger partial charge in [0.05, 0.1) is 6.54 Å². The lowest BCUT2D eigenvalue weighted by molar-refractivity contribution is -0.119. The summed E-state index contributed by atoms with van der Waals surface area (Å²) in [6.07, 6.45) is 0. The zero-order chi connectivity index (χ0) is 12.8. The van der Waals surface area contributed by atoms with Crippen molar-refractivity contribution in [3.8, 4) is 0 Å².